The van der Waals surface area contributed by atoms with Crippen molar-refractivity contribution in [2.75, 3.05) is 5.32 Å². The Morgan fingerprint density at radius 3 is 2.48 bits per heavy atom. The van der Waals surface area contributed by atoms with Gasteiger partial charge in [-0.25, -0.2) is 4.39 Å². The van der Waals surface area contributed by atoms with Crippen LogP contribution < -0.4 is 11.1 Å². The Morgan fingerprint density at radius 2 is 1.90 bits per heavy atom. The van der Waals surface area contributed by atoms with Crippen molar-refractivity contribution in [1.82, 2.24) is 0 Å². The van der Waals surface area contributed by atoms with E-state index in [1.807, 2.05) is 0 Å². The number of nitrogens with one attached hydrogen (secondary N) is 1. The Kier molecular flexibility index (Phi) is 4.70. The van der Waals surface area contributed by atoms with Gasteiger partial charge in [0.2, 0.25) is 5.91 Å². The fourth-order valence-corrected chi connectivity index (χ4v) is 2.42. The molecule has 0 unspecified atom stereocenters. The van der Waals surface area contributed by atoms with Gasteiger partial charge in [0, 0.05) is 39.0 Å². The molecule has 0 spiro atoms. The average Bonchev–Trinajstić information content (AvgIpc) is 2.42. The highest BCUT2D eigenvalue weighted by Gasteiger charge is 2.11. The fraction of sp³-hybridized carbons (Fsp3) is 0.133. The fourth-order valence-electron chi connectivity index (χ4n) is 1.89. The van der Waals surface area contributed by atoms with Crippen molar-refractivity contribution in [1.29, 1.82) is 0 Å². The number of hydrogen-bond donors (Lipinski definition) is 2. The molecule has 2 aromatic rings. The van der Waals surface area contributed by atoms with Crippen molar-refractivity contribution in [3.63, 3.8) is 0 Å². The van der Waals surface area contributed by atoms with Crippen LogP contribution in [0.15, 0.2) is 30.3 Å². The zero-order valence-corrected chi connectivity index (χ0v) is 12.7. The van der Waals surface area contributed by atoms with Crippen molar-refractivity contribution in [2.45, 2.75) is 13.5 Å². The molecule has 0 aliphatic heterocycles. The first-order chi connectivity index (χ1) is 9.90. The molecular weight excluding hydrogens is 314 g/mol. The van der Waals surface area contributed by atoms with Crippen LogP contribution in [0.4, 0.5) is 10.1 Å². The topological polar surface area (TPSA) is 55.1 Å². The van der Waals surface area contributed by atoms with Crippen molar-refractivity contribution in [3.8, 4) is 0 Å². The summed E-state index contributed by atoms with van der Waals surface area (Å²) in [6, 6.07) is 7.80. The lowest BCUT2D eigenvalue weighted by molar-refractivity contribution is 0.1000. The Labute approximate surface area is 131 Å². The second kappa shape index (κ2) is 6.33. The minimum Gasteiger partial charge on any atom is -0.381 e. The summed E-state index contributed by atoms with van der Waals surface area (Å²) in [7, 11) is 0. The maximum atomic E-state index is 13.8. The van der Waals surface area contributed by atoms with Gasteiger partial charge in [-0.2, -0.15) is 0 Å². The first-order valence-electron chi connectivity index (χ1n) is 6.17. The molecule has 110 valence electrons. The monoisotopic (exact) mass is 326 g/mol. The van der Waals surface area contributed by atoms with Crippen LogP contribution in [0.5, 0.6) is 0 Å². The van der Waals surface area contributed by atoms with E-state index in [-0.39, 0.29) is 5.56 Å². The number of carbonyl (C=O) groups is 1. The van der Waals surface area contributed by atoms with Gasteiger partial charge in [0.1, 0.15) is 5.82 Å². The average molecular weight is 327 g/mol. The quantitative estimate of drug-likeness (QED) is 0.886. The van der Waals surface area contributed by atoms with Gasteiger partial charge in [-0.3, -0.25) is 4.79 Å². The summed E-state index contributed by atoms with van der Waals surface area (Å²) in [6.45, 7) is 1.91. The second-order valence-electron chi connectivity index (χ2n) is 4.55. The molecule has 0 aromatic heterocycles. The summed E-state index contributed by atoms with van der Waals surface area (Å²) < 4.78 is 13.8. The number of rotatable bonds is 4. The lowest BCUT2D eigenvalue weighted by Crippen LogP contribution is -2.13. The maximum Gasteiger partial charge on any atom is 0.248 e. The lowest BCUT2D eigenvalue weighted by Gasteiger charge is -2.13. The number of halogens is 3. The van der Waals surface area contributed by atoms with Crippen LogP contribution in [0, 0.1) is 12.7 Å². The molecule has 0 atom stereocenters. The molecule has 0 fully saturated rings. The summed E-state index contributed by atoms with van der Waals surface area (Å²) in [5.74, 6) is -1.19. The molecular formula is C15H13Cl2FN2O. The SMILES string of the molecule is Cc1c(F)cc(C(N)=O)cc1NCc1c(Cl)cccc1Cl. The van der Waals surface area contributed by atoms with Crippen LogP contribution in [0.3, 0.4) is 0 Å². The van der Waals surface area contributed by atoms with Crippen molar-refractivity contribution in [2.24, 2.45) is 5.73 Å². The minimum absolute atomic E-state index is 0.103. The van der Waals surface area contributed by atoms with Crippen LogP contribution in [-0.2, 0) is 6.54 Å². The van der Waals surface area contributed by atoms with Crippen LogP contribution in [0.1, 0.15) is 21.5 Å². The van der Waals surface area contributed by atoms with E-state index in [4.69, 9.17) is 28.9 Å². The largest absolute Gasteiger partial charge is 0.381 e. The van der Waals surface area contributed by atoms with Gasteiger partial charge in [0.25, 0.3) is 0 Å². The number of benzene rings is 2. The third-order valence-corrected chi connectivity index (χ3v) is 3.85. The highest BCUT2D eigenvalue weighted by molar-refractivity contribution is 6.36. The number of carbonyl (C=O) groups excluding carboxylic acids is 1. The Bertz CT molecular complexity index is 684. The molecule has 0 aliphatic carbocycles. The van der Waals surface area contributed by atoms with Gasteiger partial charge in [0.15, 0.2) is 0 Å². The second-order valence-corrected chi connectivity index (χ2v) is 5.36. The minimum atomic E-state index is -0.687. The van der Waals surface area contributed by atoms with Gasteiger partial charge in [0.05, 0.1) is 0 Å². The molecule has 0 saturated carbocycles. The Balaban J connectivity index is 2.30. The van der Waals surface area contributed by atoms with E-state index in [0.717, 1.165) is 6.07 Å². The van der Waals surface area contributed by atoms with E-state index < -0.39 is 11.7 Å². The van der Waals surface area contributed by atoms with Gasteiger partial charge in [-0.05, 0) is 31.2 Å². The molecule has 0 radical (unpaired) electrons. The number of nitrogens with two attached hydrogens (primary N) is 1. The summed E-state index contributed by atoms with van der Waals surface area (Å²) in [5, 5.41) is 4.06. The maximum absolute atomic E-state index is 13.8. The van der Waals surface area contributed by atoms with E-state index in [2.05, 4.69) is 5.32 Å². The predicted molar refractivity (Wildman–Crippen MR) is 83.4 cm³/mol. The summed E-state index contributed by atoms with van der Waals surface area (Å²) in [4.78, 5) is 11.2. The molecule has 0 saturated heterocycles. The third-order valence-electron chi connectivity index (χ3n) is 3.15. The van der Waals surface area contributed by atoms with Crippen molar-refractivity contribution < 1.29 is 9.18 Å². The molecule has 3 N–H and O–H groups in total. The van der Waals surface area contributed by atoms with E-state index in [0.29, 0.717) is 33.4 Å². The normalized spacial score (nSPS) is 10.5. The third kappa shape index (κ3) is 3.46. The standard InChI is InChI=1S/C15H13Cl2FN2O/c1-8-13(18)5-9(15(19)21)6-14(8)20-7-10-11(16)3-2-4-12(10)17/h2-6,20H,7H2,1H3,(H2,19,21). The molecule has 21 heavy (non-hydrogen) atoms. The highest BCUT2D eigenvalue weighted by Crippen LogP contribution is 2.27. The molecule has 2 rings (SSSR count). The first kappa shape index (κ1) is 15.6. The van der Waals surface area contributed by atoms with E-state index in [9.17, 15) is 9.18 Å². The number of anilines is 1. The highest BCUT2D eigenvalue weighted by atomic mass is 35.5. The predicted octanol–water partition coefficient (Wildman–Crippen LogP) is 4.15. The van der Waals surface area contributed by atoms with E-state index >= 15 is 0 Å². The van der Waals surface area contributed by atoms with E-state index in [1.54, 1.807) is 25.1 Å². The summed E-state index contributed by atoms with van der Waals surface area (Å²) >= 11 is 12.2. The molecule has 0 heterocycles. The van der Waals surface area contributed by atoms with Crippen molar-refractivity contribution >= 4 is 34.8 Å². The Morgan fingerprint density at radius 1 is 1.29 bits per heavy atom. The number of hydrogen-bond acceptors (Lipinski definition) is 2. The number of primary amides is 1. The van der Waals surface area contributed by atoms with Crippen LogP contribution in [-0.4, -0.2) is 5.91 Å². The smallest absolute Gasteiger partial charge is 0.248 e. The van der Waals surface area contributed by atoms with Gasteiger partial charge < -0.3 is 11.1 Å². The molecule has 1 amide bonds. The number of amides is 1. The van der Waals surface area contributed by atoms with E-state index in [1.165, 1.54) is 6.07 Å². The van der Waals surface area contributed by atoms with Crippen LogP contribution >= 0.6 is 23.2 Å². The lowest BCUT2D eigenvalue weighted by atomic mass is 10.1. The summed E-state index contributed by atoms with van der Waals surface area (Å²) in [6.07, 6.45) is 0. The molecule has 3 nitrogen and oxygen atoms in total. The zero-order valence-electron chi connectivity index (χ0n) is 11.2. The van der Waals surface area contributed by atoms with Gasteiger partial charge in [-0.15, -0.1) is 0 Å². The molecule has 6 heteroatoms. The zero-order chi connectivity index (χ0) is 15.6. The van der Waals surface area contributed by atoms with Gasteiger partial charge in [-0.1, -0.05) is 29.3 Å². The molecule has 2 aromatic carbocycles. The van der Waals surface area contributed by atoms with Crippen LogP contribution in [0.25, 0.3) is 0 Å². The van der Waals surface area contributed by atoms with Crippen LogP contribution in [0.2, 0.25) is 10.0 Å². The Hall–Kier alpha value is -1.78. The van der Waals surface area contributed by atoms with Crippen molar-refractivity contribution in [3.05, 3.63) is 62.9 Å². The molecule has 0 aliphatic rings. The molecule has 0 bridgehead atoms. The first-order valence-corrected chi connectivity index (χ1v) is 6.92. The summed E-state index contributed by atoms with van der Waals surface area (Å²) in [5.41, 5.74) is 6.85. The van der Waals surface area contributed by atoms with Gasteiger partial charge >= 0.3 is 0 Å².